The molecule has 0 unspecified atom stereocenters. The number of piperidine rings is 1. The van der Waals surface area contributed by atoms with Crippen molar-refractivity contribution >= 4 is 38.5 Å². The Labute approximate surface area is 151 Å². The average molecular weight is 377 g/mol. The Morgan fingerprint density at radius 1 is 1.12 bits per heavy atom. The lowest BCUT2D eigenvalue weighted by Crippen LogP contribution is -2.52. The van der Waals surface area contributed by atoms with Crippen LogP contribution < -0.4 is 9.80 Å². The van der Waals surface area contributed by atoms with Crippen molar-refractivity contribution in [1.29, 1.82) is 0 Å². The smallest absolute Gasteiger partial charge is 0.268 e. The number of fused-ring (bicyclic) bond motifs is 3. The number of sulfone groups is 1. The number of para-hydroxylation sites is 2. The van der Waals surface area contributed by atoms with Gasteiger partial charge in [0.1, 0.15) is 4.21 Å². The zero-order valence-corrected chi connectivity index (χ0v) is 15.6. The molecule has 0 saturated carbocycles. The van der Waals surface area contributed by atoms with Crippen LogP contribution in [0.1, 0.15) is 28.9 Å². The summed E-state index contributed by atoms with van der Waals surface area (Å²) in [4.78, 5) is 17.8. The number of nitrogens with zero attached hydrogens (tertiary/aromatic N) is 2. The highest BCUT2D eigenvalue weighted by Gasteiger charge is 2.35. The van der Waals surface area contributed by atoms with Crippen molar-refractivity contribution in [1.82, 2.24) is 0 Å². The molecule has 1 aromatic heterocycles. The number of hydrogen-bond acceptors (Lipinski definition) is 5. The van der Waals surface area contributed by atoms with Crippen molar-refractivity contribution in [2.75, 3.05) is 29.1 Å². The maximum Gasteiger partial charge on any atom is 0.268 e. The number of thiophene rings is 1. The second-order valence-electron chi connectivity index (χ2n) is 6.64. The van der Waals surface area contributed by atoms with Crippen molar-refractivity contribution in [3.05, 3.63) is 41.3 Å². The summed E-state index contributed by atoms with van der Waals surface area (Å²) in [6.07, 6.45) is 4.62. The monoisotopic (exact) mass is 376 g/mol. The zero-order valence-electron chi connectivity index (χ0n) is 14.0. The number of carbonyl (C=O) groups is 1. The van der Waals surface area contributed by atoms with Gasteiger partial charge in [-0.2, -0.15) is 0 Å². The van der Waals surface area contributed by atoms with Crippen LogP contribution in [0.4, 0.5) is 11.4 Å². The molecule has 0 aliphatic carbocycles. The third-order valence-electron chi connectivity index (χ3n) is 4.91. The van der Waals surface area contributed by atoms with Gasteiger partial charge in [-0.1, -0.05) is 12.1 Å². The maximum atomic E-state index is 13.1. The molecule has 1 amide bonds. The number of amides is 1. The lowest BCUT2D eigenvalue weighted by atomic mass is 9.97. The fraction of sp³-hybridized carbons (Fsp3) is 0.389. The minimum atomic E-state index is -3.29. The second kappa shape index (κ2) is 6.14. The number of carbonyl (C=O) groups excluding carboxylic acids is 1. The first-order chi connectivity index (χ1) is 11.9. The number of hydrogen-bond donors (Lipinski definition) is 0. The molecule has 2 aliphatic heterocycles. The van der Waals surface area contributed by atoms with Gasteiger partial charge in [-0.25, -0.2) is 8.42 Å². The van der Waals surface area contributed by atoms with Gasteiger partial charge in [0.25, 0.3) is 5.91 Å². The Hall–Kier alpha value is -1.86. The van der Waals surface area contributed by atoms with Crippen LogP contribution in [0.5, 0.6) is 0 Å². The normalized spacial score (nSPS) is 20.1. The maximum absolute atomic E-state index is 13.1. The topological polar surface area (TPSA) is 57.7 Å². The van der Waals surface area contributed by atoms with E-state index in [-0.39, 0.29) is 10.1 Å². The molecule has 7 heteroatoms. The van der Waals surface area contributed by atoms with E-state index in [1.54, 1.807) is 6.07 Å². The summed E-state index contributed by atoms with van der Waals surface area (Å²) >= 11 is 1.05. The van der Waals surface area contributed by atoms with E-state index in [9.17, 15) is 13.2 Å². The first-order valence-corrected chi connectivity index (χ1v) is 11.1. The standard InChI is InChI=1S/C18H20N2O3S2/c1-25(22,23)17-10-9-16(24-17)18(21)20-12-13-6-4-5-11-19(13)14-7-2-3-8-15(14)20/h2-3,7-10,13H,4-6,11-12H2,1H3/t13-/m0/s1. The summed E-state index contributed by atoms with van der Waals surface area (Å²) in [7, 11) is -3.29. The highest BCUT2D eigenvalue weighted by atomic mass is 32.2. The molecule has 1 atom stereocenters. The molecule has 3 heterocycles. The molecule has 0 radical (unpaired) electrons. The van der Waals surface area contributed by atoms with Gasteiger partial charge in [0.15, 0.2) is 9.84 Å². The first kappa shape index (κ1) is 16.6. The molecule has 0 spiro atoms. The number of anilines is 2. The fourth-order valence-electron chi connectivity index (χ4n) is 3.71. The van der Waals surface area contributed by atoms with Crippen LogP contribution in [0, 0.1) is 0 Å². The van der Waals surface area contributed by atoms with Gasteiger partial charge in [-0.15, -0.1) is 11.3 Å². The van der Waals surface area contributed by atoms with Gasteiger partial charge in [0.2, 0.25) is 0 Å². The van der Waals surface area contributed by atoms with Gasteiger partial charge in [-0.05, 0) is 43.5 Å². The van der Waals surface area contributed by atoms with Crippen LogP contribution >= 0.6 is 11.3 Å². The molecule has 1 saturated heterocycles. The molecular weight excluding hydrogens is 356 g/mol. The molecule has 5 nitrogen and oxygen atoms in total. The third-order valence-corrected chi connectivity index (χ3v) is 7.80. The van der Waals surface area contributed by atoms with E-state index in [1.807, 2.05) is 23.1 Å². The summed E-state index contributed by atoms with van der Waals surface area (Å²) in [5, 5.41) is 0. The predicted octanol–water partition coefficient (Wildman–Crippen LogP) is 3.17. The number of rotatable bonds is 2. The molecule has 25 heavy (non-hydrogen) atoms. The van der Waals surface area contributed by atoms with E-state index in [0.29, 0.717) is 17.5 Å². The lowest BCUT2D eigenvalue weighted by molar-refractivity contribution is 0.0986. The van der Waals surface area contributed by atoms with Crippen LogP contribution in [0.15, 0.2) is 40.6 Å². The van der Waals surface area contributed by atoms with Gasteiger partial charge < -0.3 is 9.80 Å². The minimum absolute atomic E-state index is 0.113. The Morgan fingerprint density at radius 3 is 2.60 bits per heavy atom. The van der Waals surface area contributed by atoms with Gasteiger partial charge in [-0.3, -0.25) is 4.79 Å². The highest BCUT2D eigenvalue weighted by Crippen LogP contribution is 2.39. The van der Waals surface area contributed by atoms with Gasteiger partial charge in [0, 0.05) is 25.4 Å². The SMILES string of the molecule is CS(=O)(=O)c1ccc(C(=O)N2C[C@@H]3CCCCN3c3ccccc32)s1. The van der Waals surface area contributed by atoms with Crippen molar-refractivity contribution in [3.8, 4) is 0 Å². The first-order valence-electron chi connectivity index (χ1n) is 8.42. The Bertz CT molecular complexity index is 920. The van der Waals surface area contributed by atoms with Crippen molar-refractivity contribution in [2.45, 2.75) is 29.5 Å². The molecule has 4 rings (SSSR count). The van der Waals surface area contributed by atoms with Crippen molar-refractivity contribution in [3.63, 3.8) is 0 Å². The average Bonchev–Trinajstić information content (AvgIpc) is 3.11. The van der Waals surface area contributed by atoms with E-state index in [1.165, 1.54) is 25.2 Å². The zero-order chi connectivity index (χ0) is 17.6. The second-order valence-corrected chi connectivity index (χ2v) is 9.96. The number of benzene rings is 1. The van der Waals surface area contributed by atoms with Crippen molar-refractivity contribution < 1.29 is 13.2 Å². The third kappa shape index (κ3) is 2.95. The van der Waals surface area contributed by atoms with Crippen LogP contribution in [0.2, 0.25) is 0 Å². The molecule has 0 N–H and O–H groups in total. The minimum Gasteiger partial charge on any atom is -0.365 e. The quantitative estimate of drug-likeness (QED) is 0.808. The summed E-state index contributed by atoms with van der Waals surface area (Å²) in [5.41, 5.74) is 2.02. The lowest BCUT2D eigenvalue weighted by Gasteiger charge is -2.46. The fourth-order valence-corrected chi connectivity index (χ4v) is 5.59. The van der Waals surface area contributed by atoms with Gasteiger partial charge >= 0.3 is 0 Å². The van der Waals surface area contributed by atoms with Crippen LogP contribution in [0.3, 0.4) is 0 Å². The van der Waals surface area contributed by atoms with E-state index < -0.39 is 9.84 Å². The molecule has 1 aromatic carbocycles. The Balaban J connectivity index is 1.72. The summed E-state index contributed by atoms with van der Waals surface area (Å²) in [5.74, 6) is -0.113. The van der Waals surface area contributed by atoms with Crippen molar-refractivity contribution in [2.24, 2.45) is 0 Å². The van der Waals surface area contributed by atoms with Gasteiger partial charge in [0.05, 0.1) is 16.3 Å². The van der Waals surface area contributed by atoms with E-state index in [0.717, 1.165) is 35.7 Å². The molecule has 2 aromatic rings. The Morgan fingerprint density at radius 2 is 1.88 bits per heavy atom. The predicted molar refractivity (Wildman–Crippen MR) is 101 cm³/mol. The molecule has 132 valence electrons. The van der Waals surface area contributed by atoms with E-state index in [2.05, 4.69) is 11.0 Å². The molecular formula is C18H20N2O3S2. The van der Waals surface area contributed by atoms with Crippen LogP contribution in [-0.2, 0) is 9.84 Å². The molecule has 2 aliphatic rings. The Kier molecular flexibility index (Phi) is 4.08. The largest absolute Gasteiger partial charge is 0.365 e. The van der Waals surface area contributed by atoms with E-state index >= 15 is 0 Å². The summed E-state index contributed by atoms with van der Waals surface area (Å²) < 4.78 is 23.7. The summed E-state index contributed by atoms with van der Waals surface area (Å²) in [6.45, 7) is 1.68. The molecule has 1 fully saturated rings. The highest BCUT2D eigenvalue weighted by molar-refractivity contribution is 7.92. The van der Waals surface area contributed by atoms with Crippen LogP contribution in [-0.4, -0.2) is 39.7 Å². The summed E-state index contributed by atoms with van der Waals surface area (Å²) in [6, 6.07) is 11.5. The van der Waals surface area contributed by atoms with Crippen LogP contribution in [0.25, 0.3) is 0 Å². The molecule has 0 bridgehead atoms. The van der Waals surface area contributed by atoms with E-state index in [4.69, 9.17) is 0 Å².